The van der Waals surface area contributed by atoms with Gasteiger partial charge in [-0.15, -0.1) is 0 Å². The lowest BCUT2D eigenvalue weighted by atomic mass is 10.0. The second kappa shape index (κ2) is 5.65. The van der Waals surface area contributed by atoms with Gasteiger partial charge in [0.05, 0.1) is 0 Å². The Labute approximate surface area is 122 Å². The van der Waals surface area contributed by atoms with E-state index in [9.17, 15) is 0 Å². The monoisotopic (exact) mass is 283 g/mol. The summed E-state index contributed by atoms with van der Waals surface area (Å²) in [5, 5.41) is 6.47. The van der Waals surface area contributed by atoms with Crippen molar-refractivity contribution >= 4 is 22.1 Å². The number of benzene rings is 2. The van der Waals surface area contributed by atoms with E-state index < -0.39 is 0 Å². The standard InChI is InChI=1S/C17H17NOS/c1-12(18)15-7-6-14-4-2-3-5-16(14)17(15)19-10-13-8-9-20-11-13/h2-9,11-12H,10,18H2,1H3. The fourth-order valence-electron chi connectivity index (χ4n) is 2.31. The van der Waals surface area contributed by atoms with Crippen LogP contribution in [0.2, 0.25) is 0 Å². The quantitative estimate of drug-likeness (QED) is 0.765. The van der Waals surface area contributed by atoms with Gasteiger partial charge in [0, 0.05) is 17.0 Å². The van der Waals surface area contributed by atoms with Crippen LogP contribution in [0.3, 0.4) is 0 Å². The van der Waals surface area contributed by atoms with Crippen molar-refractivity contribution in [2.24, 2.45) is 5.73 Å². The van der Waals surface area contributed by atoms with Crippen LogP contribution < -0.4 is 10.5 Å². The van der Waals surface area contributed by atoms with Gasteiger partial charge in [0.1, 0.15) is 12.4 Å². The van der Waals surface area contributed by atoms with E-state index in [1.54, 1.807) is 11.3 Å². The van der Waals surface area contributed by atoms with Crippen molar-refractivity contribution in [3.05, 3.63) is 64.4 Å². The van der Waals surface area contributed by atoms with Crippen molar-refractivity contribution < 1.29 is 4.74 Å². The molecule has 0 spiro atoms. The molecule has 0 fully saturated rings. The molecule has 2 nitrogen and oxygen atoms in total. The molecule has 2 N–H and O–H groups in total. The Kier molecular flexibility index (Phi) is 3.72. The molecule has 0 bridgehead atoms. The topological polar surface area (TPSA) is 35.2 Å². The number of ether oxygens (including phenoxy) is 1. The third-order valence-electron chi connectivity index (χ3n) is 3.36. The third-order valence-corrected chi connectivity index (χ3v) is 4.10. The molecule has 1 aromatic heterocycles. The average Bonchev–Trinajstić information content (AvgIpc) is 2.97. The Morgan fingerprint density at radius 2 is 2.00 bits per heavy atom. The van der Waals surface area contributed by atoms with E-state index in [0.29, 0.717) is 6.61 Å². The fourth-order valence-corrected chi connectivity index (χ4v) is 2.96. The summed E-state index contributed by atoms with van der Waals surface area (Å²) in [6.45, 7) is 2.57. The van der Waals surface area contributed by atoms with Crippen molar-refractivity contribution in [1.29, 1.82) is 0 Å². The summed E-state index contributed by atoms with van der Waals surface area (Å²) in [7, 11) is 0. The lowest BCUT2D eigenvalue weighted by molar-refractivity contribution is 0.306. The maximum absolute atomic E-state index is 6.08. The van der Waals surface area contributed by atoms with Gasteiger partial charge in [-0.2, -0.15) is 11.3 Å². The maximum atomic E-state index is 6.08. The third kappa shape index (κ3) is 2.55. The Morgan fingerprint density at radius 1 is 1.15 bits per heavy atom. The van der Waals surface area contributed by atoms with Crippen LogP contribution >= 0.6 is 11.3 Å². The Hall–Kier alpha value is -1.84. The summed E-state index contributed by atoms with van der Waals surface area (Å²) in [4.78, 5) is 0. The van der Waals surface area contributed by atoms with Gasteiger partial charge in [-0.3, -0.25) is 0 Å². The Bertz CT molecular complexity index is 704. The van der Waals surface area contributed by atoms with E-state index in [2.05, 4.69) is 41.1 Å². The molecule has 0 radical (unpaired) electrons. The zero-order valence-electron chi connectivity index (χ0n) is 11.4. The minimum absolute atomic E-state index is 0.0444. The van der Waals surface area contributed by atoms with Crippen molar-refractivity contribution in [1.82, 2.24) is 0 Å². The van der Waals surface area contributed by atoms with Gasteiger partial charge in [-0.25, -0.2) is 0 Å². The van der Waals surface area contributed by atoms with Gasteiger partial charge in [0.15, 0.2) is 0 Å². The number of nitrogens with two attached hydrogens (primary N) is 1. The van der Waals surface area contributed by atoms with Crippen molar-refractivity contribution in [3.63, 3.8) is 0 Å². The Morgan fingerprint density at radius 3 is 2.75 bits per heavy atom. The van der Waals surface area contributed by atoms with Gasteiger partial charge in [0.25, 0.3) is 0 Å². The first kappa shape index (κ1) is 13.2. The lowest BCUT2D eigenvalue weighted by Crippen LogP contribution is -2.08. The molecule has 2 aromatic carbocycles. The molecule has 3 heteroatoms. The average molecular weight is 283 g/mol. The van der Waals surface area contributed by atoms with E-state index in [-0.39, 0.29) is 6.04 Å². The predicted molar refractivity (Wildman–Crippen MR) is 85.2 cm³/mol. The first-order chi connectivity index (χ1) is 9.75. The summed E-state index contributed by atoms with van der Waals surface area (Å²) >= 11 is 1.68. The van der Waals surface area contributed by atoms with Gasteiger partial charge in [-0.1, -0.05) is 36.4 Å². The highest BCUT2D eigenvalue weighted by molar-refractivity contribution is 7.07. The summed E-state index contributed by atoms with van der Waals surface area (Å²) in [6, 6.07) is 14.5. The molecule has 0 saturated carbocycles. The first-order valence-electron chi connectivity index (χ1n) is 6.67. The molecule has 0 aliphatic rings. The molecular weight excluding hydrogens is 266 g/mol. The van der Waals surface area contributed by atoms with Crippen LogP contribution in [0.1, 0.15) is 24.1 Å². The van der Waals surface area contributed by atoms with Crippen LogP contribution in [0.5, 0.6) is 5.75 Å². The molecule has 0 amide bonds. The number of fused-ring (bicyclic) bond motifs is 1. The van der Waals surface area contributed by atoms with Crippen LogP contribution in [0, 0.1) is 0 Å². The fraction of sp³-hybridized carbons (Fsp3) is 0.176. The number of hydrogen-bond acceptors (Lipinski definition) is 3. The van der Waals surface area contributed by atoms with Crippen LogP contribution in [-0.2, 0) is 6.61 Å². The molecule has 3 rings (SSSR count). The van der Waals surface area contributed by atoms with Crippen LogP contribution in [-0.4, -0.2) is 0 Å². The van der Waals surface area contributed by atoms with E-state index in [4.69, 9.17) is 10.5 Å². The second-order valence-electron chi connectivity index (χ2n) is 4.91. The van der Waals surface area contributed by atoms with Crippen molar-refractivity contribution in [2.75, 3.05) is 0 Å². The van der Waals surface area contributed by atoms with E-state index in [1.807, 2.05) is 19.1 Å². The van der Waals surface area contributed by atoms with Crippen molar-refractivity contribution in [3.8, 4) is 5.75 Å². The molecule has 0 aliphatic carbocycles. The lowest BCUT2D eigenvalue weighted by Gasteiger charge is -2.16. The maximum Gasteiger partial charge on any atom is 0.132 e. The zero-order chi connectivity index (χ0) is 13.9. The summed E-state index contributed by atoms with van der Waals surface area (Å²) < 4.78 is 6.08. The molecule has 1 unspecified atom stereocenters. The molecular formula is C17H17NOS. The smallest absolute Gasteiger partial charge is 0.132 e. The minimum atomic E-state index is -0.0444. The van der Waals surface area contributed by atoms with Gasteiger partial charge in [0.2, 0.25) is 0 Å². The van der Waals surface area contributed by atoms with Gasteiger partial charge >= 0.3 is 0 Å². The largest absolute Gasteiger partial charge is 0.488 e. The molecule has 3 aromatic rings. The van der Waals surface area contributed by atoms with E-state index in [1.165, 1.54) is 10.9 Å². The Balaban J connectivity index is 2.03. The summed E-state index contributed by atoms with van der Waals surface area (Å²) in [6.07, 6.45) is 0. The summed E-state index contributed by atoms with van der Waals surface area (Å²) in [5.41, 5.74) is 8.32. The summed E-state index contributed by atoms with van der Waals surface area (Å²) in [5.74, 6) is 0.907. The predicted octanol–water partition coefficient (Wildman–Crippen LogP) is 4.50. The highest BCUT2D eigenvalue weighted by Gasteiger charge is 2.12. The second-order valence-corrected chi connectivity index (χ2v) is 5.69. The molecule has 20 heavy (non-hydrogen) atoms. The number of thiophene rings is 1. The normalized spacial score (nSPS) is 12.5. The number of rotatable bonds is 4. The highest BCUT2D eigenvalue weighted by Crippen LogP contribution is 2.33. The molecule has 0 aliphatic heterocycles. The van der Waals surface area contributed by atoms with Crippen LogP contribution in [0.25, 0.3) is 10.8 Å². The van der Waals surface area contributed by atoms with Gasteiger partial charge < -0.3 is 10.5 Å². The molecule has 1 atom stereocenters. The number of hydrogen-bond donors (Lipinski definition) is 1. The highest BCUT2D eigenvalue weighted by atomic mass is 32.1. The molecule has 1 heterocycles. The van der Waals surface area contributed by atoms with Gasteiger partial charge in [-0.05, 0) is 34.7 Å². The van der Waals surface area contributed by atoms with Crippen LogP contribution in [0.4, 0.5) is 0 Å². The first-order valence-corrected chi connectivity index (χ1v) is 7.61. The van der Waals surface area contributed by atoms with E-state index >= 15 is 0 Å². The minimum Gasteiger partial charge on any atom is -0.488 e. The SMILES string of the molecule is CC(N)c1ccc2ccccc2c1OCc1ccsc1. The van der Waals surface area contributed by atoms with E-state index in [0.717, 1.165) is 16.7 Å². The van der Waals surface area contributed by atoms with Crippen LogP contribution in [0.15, 0.2) is 53.2 Å². The zero-order valence-corrected chi connectivity index (χ0v) is 12.2. The molecule has 0 saturated heterocycles. The van der Waals surface area contributed by atoms with Crippen molar-refractivity contribution in [2.45, 2.75) is 19.6 Å². The molecule has 102 valence electrons.